The zero-order chi connectivity index (χ0) is 23.8. The third kappa shape index (κ3) is 6.21. The summed E-state index contributed by atoms with van der Waals surface area (Å²) in [6.45, 7) is 1.93. The molecule has 4 rings (SSSR count). The quantitative estimate of drug-likeness (QED) is 0.191. The molecule has 0 unspecified atom stereocenters. The fraction of sp³-hybridized carbons (Fsp3) is 0.0769. The molecule has 0 aliphatic heterocycles. The largest absolute Gasteiger partial charge is 0.272 e. The van der Waals surface area contributed by atoms with Gasteiger partial charge in [0.1, 0.15) is 0 Å². The maximum atomic E-state index is 12.4. The van der Waals surface area contributed by atoms with Gasteiger partial charge >= 0.3 is 0 Å². The molecule has 0 radical (unpaired) electrons. The number of carbonyl (C=O) groups excluding carboxylic acids is 1. The van der Waals surface area contributed by atoms with E-state index in [4.69, 9.17) is 11.6 Å². The van der Waals surface area contributed by atoms with Crippen LogP contribution in [-0.4, -0.2) is 32.6 Å². The van der Waals surface area contributed by atoms with Gasteiger partial charge in [0.2, 0.25) is 0 Å². The molecule has 1 heterocycles. The number of thioether (sulfide) groups is 1. The molecule has 0 bridgehead atoms. The number of para-hydroxylation sites is 1. The summed E-state index contributed by atoms with van der Waals surface area (Å²) >= 11 is 7.33. The monoisotopic (exact) mass is 487 g/mol. The zero-order valence-electron chi connectivity index (χ0n) is 18.4. The highest BCUT2D eigenvalue weighted by atomic mass is 35.5. The topological polar surface area (TPSA) is 72.2 Å². The highest BCUT2D eigenvalue weighted by molar-refractivity contribution is 7.99. The van der Waals surface area contributed by atoms with Gasteiger partial charge in [-0.1, -0.05) is 78.0 Å². The predicted octanol–water partition coefficient (Wildman–Crippen LogP) is 5.89. The minimum atomic E-state index is -0.232. The Morgan fingerprint density at radius 2 is 1.68 bits per heavy atom. The lowest BCUT2D eigenvalue weighted by Gasteiger charge is -2.10. The average molecular weight is 488 g/mol. The summed E-state index contributed by atoms with van der Waals surface area (Å²) in [6, 6.07) is 27.1. The van der Waals surface area contributed by atoms with Crippen molar-refractivity contribution in [3.63, 3.8) is 0 Å². The molecule has 0 atom stereocenters. The molecular weight excluding hydrogens is 466 g/mol. The normalized spacial score (nSPS) is 11.6. The van der Waals surface area contributed by atoms with E-state index >= 15 is 0 Å². The molecule has 0 aliphatic rings. The van der Waals surface area contributed by atoms with Gasteiger partial charge in [0.25, 0.3) is 5.91 Å². The van der Waals surface area contributed by atoms with Crippen molar-refractivity contribution in [1.29, 1.82) is 0 Å². The van der Waals surface area contributed by atoms with Crippen LogP contribution in [0.1, 0.15) is 12.5 Å². The minimum absolute atomic E-state index is 0.143. The fourth-order valence-corrected chi connectivity index (χ4v) is 4.05. The van der Waals surface area contributed by atoms with Gasteiger partial charge in [-0.25, -0.2) is 5.43 Å². The first-order valence-electron chi connectivity index (χ1n) is 10.5. The number of amides is 1. The number of nitrogens with zero attached hydrogens (tertiary/aromatic N) is 4. The van der Waals surface area contributed by atoms with Crippen molar-refractivity contribution in [3.05, 3.63) is 101 Å². The van der Waals surface area contributed by atoms with E-state index < -0.39 is 0 Å². The molecule has 0 saturated carbocycles. The second-order valence-electron chi connectivity index (χ2n) is 7.36. The van der Waals surface area contributed by atoms with Crippen molar-refractivity contribution < 1.29 is 4.79 Å². The van der Waals surface area contributed by atoms with Crippen molar-refractivity contribution in [3.8, 4) is 17.1 Å². The molecule has 0 fully saturated rings. The van der Waals surface area contributed by atoms with Crippen LogP contribution in [0.15, 0.2) is 101 Å². The summed E-state index contributed by atoms with van der Waals surface area (Å²) in [5, 5.41) is 14.0. The summed E-state index contributed by atoms with van der Waals surface area (Å²) in [6.07, 6.45) is 3.62. The molecule has 8 heteroatoms. The number of rotatable bonds is 8. The van der Waals surface area contributed by atoms with Crippen LogP contribution in [-0.2, 0) is 4.79 Å². The van der Waals surface area contributed by atoms with Crippen LogP contribution in [0.25, 0.3) is 23.2 Å². The number of allylic oxidation sites excluding steroid dienone is 1. The standard InChI is InChI=1S/C26H22ClN5OS/c1-19(16-20-8-4-2-5-9-20)17-28-29-24(33)18-34-26-31-30-25(21-12-14-22(27)15-13-21)32(26)23-10-6-3-7-11-23/h2-17H,18H2,1H3,(H,29,33)/b19-16+,28-17+. The van der Waals surface area contributed by atoms with Gasteiger partial charge < -0.3 is 0 Å². The summed E-state index contributed by atoms with van der Waals surface area (Å²) in [5.41, 5.74) is 6.35. The molecule has 3 aromatic carbocycles. The Hall–Kier alpha value is -3.68. The summed E-state index contributed by atoms with van der Waals surface area (Å²) < 4.78 is 1.93. The number of aromatic nitrogens is 3. The van der Waals surface area contributed by atoms with Gasteiger partial charge in [0, 0.05) is 16.3 Å². The molecule has 170 valence electrons. The second kappa shape index (κ2) is 11.4. The molecule has 0 spiro atoms. The van der Waals surface area contributed by atoms with Crippen LogP contribution in [0.3, 0.4) is 0 Å². The summed E-state index contributed by atoms with van der Waals surface area (Å²) in [7, 11) is 0. The van der Waals surface area contributed by atoms with Crippen LogP contribution in [0.4, 0.5) is 0 Å². The van der Waals surface area contributed by atoms with Gasteiger partial charge in [0.15, 0.2) is 11.0 Å². The Kier molecular flexibility index (Phi) is 7.91. The first-order valence-corrected chi connectivity index (χ1v) is 11.9. The second-order valence-corrected chi connectivity index (χ2v) is 8.74. The van der Waals surface area contributed by atoms with E-state index in [1.807, 2.05) is 102 Å². The molecular formula is C26H22ClN5OS. The molecule has 34 heavy (non-hydrogen) atoms. The van der Waals surface area contributed by atoms with Gasteiger partial charge in [-0.3, -0.25) is 9.36 Å². The van der Waals surface area contributed by atoms with E-state index in [0.717, 1.165) is 22.4 Å². The number of nitrogens with one attached hydrogen (secondary N) is 1. The van der Waals surface area contributed by atoms with E-state index in [1.54, 1.807) is 6.21 Å². The maximum absolute atomic E-state index is 12.4. The van der Waals surface area contributed by atoms with Crippen molar-refractivity contribution >= 4 is 41.6 Å². The smallest absolute Gasteiger partial charge is 0.250 e. The molecule has 6 nitrogen and oxygen atoms in total. The maximum Gasteiger partial charge on any atom is 0.250 e. The Morgan fingerprint density at radius 1 is 1.00 bits per heavy atom. The van der Waals surface area contributed by atoms with Crippen molar-refractivity contribution in [1.82, 2.24) is 20.2 Å². The first kappa shape index (κ1) is 23.5. The third-order valence-electron chi connectivity index (χ3n) is 4.73. The lowest BCUT2D eigenvalue weighted by atomic mass is 10.1. The molecule has 4 aromatic rings. The molecule has 0 saturated heterocycles. The Labute approximate surface area is 207 Å². The predicted molar refractivity (Wildman–Crippen MR) is 139 cm³/mol. The van der Waals surface area contributed by atoms with E-state index in [0.29, 0.717) is 16.0 Å². The fourth-order valence-electron chi connectivity index (χ4n) is 3.18. The van der Waals surface area contributed by atoms with E-state index in [9.17, 15) is 4.79 Å². The van der Waals surface area contributed by atoms with Gasteiger partial charge in [-0.05, 0) is 54.5 Å². The lowest BCUT2D eigenvalue weighted by molar-refractivity contribution is -0.118. The van der Waals surface area contributed by atoms with Crippen LogP contribution in [0.2, 0.25) is 5.02 Å². The van der Waals surface area contributed by atoms with Crippen LogP contribution in [0, 0.1) is 0 Å². The molecule has 1 aromatic heterocycles. The SMILES string of the molecule is CC(/C=N/NC(=O)CSc1nnc(-c2ccc(Cl)cc2)n1-c1ccccc1)=C\c1ccccc1. The van der Waals surface area contributed by atoms with Gasteiger partial charge in [0.05, 0.1) is 12.0 Å². The number of benzene rings is 3. The zero-order valence-corrected chi connectivity index (χ0v) is 20.0. The first-order chi connectivity index (χ1) is 16.6. The van der Waals surface area contributed by atoms with E-state index in [2.05, 4.69) is 20.7 Å². The lowest BCUT2D eigenvalue weighted by Crippen LogP contribution is -2.20. The summed E-state index contributed by atoms with van der Waals surface area (Å²) in [5.74, 6) is 0.583. The average Bonchev–Trinajstić information content (AvgIpc) is 3.28. The molecule has 1 amide bonds. The van der Waals surface area contributed by atoms with Crippen molar-refractivity contribution in [2.24, 2.45) is 5.10 Å². The van der Waals surface area contributed by atoms with Crippen LogP contribution >= 0.6 is 23.4 Å². The van der Waals surface area contributed by atoms with Crippen molar-refractivity contribution in [2.45, 2.75) is 12.1 Å². The summed E-state index contributed by atoms with van der Waals surface area (Å²) in [4.78, 5) is 12.4. The highest BCUT2D eigenvalue weighted by Gasteiger charge is 2.17. The van der Waals surface area contributed by atoms with Gasteiger partial charge in [-0.2, -0.15) is 5.10 Å². The minimum Gasteiger partial charge on any atom is -0.272 e. The van der Waals surface area contributed by atoms with Crippen molar-refractivity contribution in [2.75, 3.05) is 5.75 Å². The Morgan fingerprint density at radius 3 is 2.38 bits per heavy atom. The number of halogens is 1. The van der Waals surface area contributed by atoms with E-state index in [1.165, 1.54) is 11.8 Å². The van der Waals surface area contributed by atoms with Gasteiger partial charge in [-0.15, -0.1) is 10.2 Å². The van der Waals surface area contributed by atoms with Crippen LogP contribution in [0.5, 0.6) is 0 Å². The highest BCUT2D eigenvalue weighted by Crippen LogP contribution is 2.28. The number of hydrazone groups is 1. The number of hydrogen-bond acceptors (Lipinski definition) is 5. The van der Waals surface area contributed by atoms with Crippen LogP contribution < -0.4 is 5.43 Å². The number of carbonyl (C=O) groups is 1. The molecule has 1 N–H and O–H groups in total. The third-order valence-corrected chi connectivity index (χ3v) is 5.91. The number of hydrogen-bond donors (Lipinski definition) is 1. The Bertz CT molecular complexity index is 1300. The molecule has 0 aliphatic carbocycles. The van der Waals surface area contributed by atoms with E-state index in [-0.39, 0.29) is 11.7 Å². The Balaban J connectivity index is 1.45.